The summed E-state index contributed by atoms with van der Waals surface area (Å²) in [6.07, 6.45) is 6.42. The number of hydrogen-bond donors (Lipinski definition) is 2. The van der Waals surface area contributed by atoms with Crippen LogP contribution in [0.5, 0.6) is 0 Å². The Bertz CT molecular complexity index is 269. The molecule has 1 fully saturated rings. The molecule has 0 aromatic carbocycles. The van der Waals surface area contributed by atoms with Crippen molar-refractivity contribution < 1.29 is 8.42 Å². The molecule has 1 aliphatic carbocycles. The molecule has 0 unspecified atom stereocenters. The summed E-state index contributed by atoms with van der Waals surface area (Å²) in [5.41, 5.74) is 5.80. The van der Waals surface area contributed by atoms with E-state index < -0.39 is 9.84 Å². The zero-order valence-corrected chi connectivity index (χ0v) is 10.2. The molecule has 1 aliphatic rings. The average molecular weight is 234 g/mol. The van der Waals surface area contributed by atoms with Crippen LogP contribution in [0.1, 0.15) is 32.1 Å². The van der Waals surface area contributed by atoms with Crippen molar-refractivity contribution >= 4 is 9.84 Å². The first-order valence-corrected chi connectivity index (χ1v) is 7.70. The Hall–Kier alpha value is -0.130. The Balaban J connectivity index is 2.06. The van der Waals surface area contributed by atoms with Crippen LogP contribution in [-0.4, -0.2) is 39.1 Å². The fraction of sp³-hybridized carbons (Fsp3) is 1.00. The molecule has 1 rings (SSSR count). The fourth-order valence-electron chi connectivity index (χ4n) is 1.96. The van der Waals surface area contributed by atoms with E-state index in [1.165, 1.54) is 6.26 Å². The van der Waals surface area contributed by atoms with E-state index in [1.54, 1.807) is 0 Å². The standard InChI is InChI=1S/C10H22N2O2S/c1-15(13,14)8-2-7-12-10-5-3-9(11)4-6-10/h9-10,12H,2-8,11H2,1H3. The summed E-state index contributed by atoms with van der Waals surface area (Å²) >= 11 is 0. The van der Waals surface area contributed by atoms with Gasteiger partial charge in [-0.3, -0.25) is 0 Å². The number of rotatable bonds is 5. The normalized spacial score (nSPS) is 27.9. The first kappa shape index (κ1) is 12.9. The van der Waals surface area contributed by atoms with Gasteiger partial charge in [0.15, 0.2) is 0 Å². The molecular formula is C10H22N2O2S. The SMILES string of the molecule is CS(=O)(=O)CCCNC1CCC(N)CC1. The molecule has 0 aliphatic heterocycles. The number of nitrogens with two attached hydrogens (primary N) is 1. The van der Waals surface area contributed by atoms with Gasteiger partial charge in [0.05, 0.1) is 5.75 Å². The van der Waals surface area contributed by atoms with Crippen molar-refractivity contribution in [3.63, 3.8) is 0 Å². The molecule has 0 bridgehead atoms. The van der Waals surface area contributed by atoms with E-state index in [4.69, 9.17) is 5.73 Å². The lowest BCUT2D eigenvalue weighted by Gasteiger charge is -2.26. The van der Waals surface area contributed by atoms with Crippen LogP contribution in [0.25, 0.3) is 0 Å². The fourth-order valence-corrected chi connectivity index (χ4v) is 2.63. The van der Waals surface area contributed by atoms with Crippen LogP contribution in [0.15, 0.2) is 0 Å². The van der Waals surface area contributed by atoms with Crippen molar-refractivity contribution in [2.45, 2.75) is 44.2 Å². The summed E-state index contributed by atoms with van der Waals surface area (Å²) < 4.78 is 21.8. The molecule has 0 saturated heterocycles. The molecule has 5 heteroatoms. The molecule has 0 aromatic heterocycles. The summed E-state index contributed by atoms with van der Waals surface area (Å²) in [7, 11) is -2.80. The van der Waals surface area contributed by atoms with Crippen LogP contribution in [0, 0.1) is 0 Å². The molecule has 0 amide bonds. The third-order valence-electron chi connectivity index (χ3n) is 2.90. The summed E-state index contributed by atoms with van der Waals surface area (Å²) in [6.45, 7) is 0.799. The van der Waals surface area contributed by atoms with Crippen LogP contribution < -0.4 is 11.1 Å². The van der Waals surface area contributed by atoms with Crippen molar-refractivity contribution in [1.82, 2.24) is 5.32 Å². The van der Waals surface area contributed by atoms with Crippen LogP contribution in [-0.2, 0) is 9.84 Å². The second-order valence-corrected chi connectivity index (χ2v) is 6.81. The highest BCUT2D eigenvalue weighted by Crippen LogP contribution is 2.16. The maximum Gasteiger partial charge on any atom is 0.147 e. The van der Waals surface area contributed by atoms with Gasteiger partial charge in [-0.1, -0.05) is 0 Å². The lowest BCUT2D eigenvalue weighted by Crippen LogP contribution is -2.38. The van der Waals surface area contributed by atoms with Gasteiger partial charge in [0.25, 0.3) is 0 Å². The van der Waals surface area contributed by atoms with Crippen LogP contribution >= 0.6 is 0 Å². The minimum absolute atomic E-state index is 0.284. The monoisotopic (exact) mass is 234 g/mol. The van der Waals surface area contributed by atoms with Gasteiger partial charge in [0, 0.05) is 18.3 Å². The van der Waals surface area contributed by atoms with Gasteiger partial charge < -0.3 is 11.1 Å². The Kier molecular flexibility index (Phi) is 5.02. The second kappa shape index (κ2) is 5.82. The topological polar surface area (TPSA) is 72.2 Å². The molecule has 0 heterocycles. The quantitative estimate of drug-likeness (QED) is 0.670. The second-order valence-electron chi connectivity index (χ2n) is 4.55. The maximum absolute atomic E-state index is 10.9. The highest BCUT2D eigenvalue weighted by Gasteiger charge is 2.17. The predicted octanol–water partition coefficient (Wildman–Crippen LogP) is 0.281. The highest BCUT2D eigenvalue weighted by atomic mass is 32.2. The van der Waals surface area contributed by atoms with Gasteiger partial charge in [-0.15, -0.1) is 0 Å². The van der Waals surface area contributed by atoms with E-state index in [2.05, 4.69) is 5.32 Å². The zero-order valence-electron chi connectivity index (χ0n) is 9.41. The summed E-state index contributed by atoms with van der Waals surface area (Å²) in [6, 6.07) is 0.920. The van der Waals surface area contributed by atoms with Gasteiger partial charge in [-0.2, -0.15) is 0 Å². The minimum atomic E-state index is -2.80. The third-order valence-corrected chi connectivity index (χ3v) is 3.93. The lowest BCUT2D eigenvalue weighted by atomic mass is 9.92. The van der Waals surface area contributed by atoms with Gasteiger partial charge in [-0.25, -0.2) is 8.42 Å². The third kappa shape index (κ3) is 6.12. The van der Waals surface area contributed by atoms with E-state index in [0.717, 1.165) is 32.2 Å². The number of nitrogens with one attached hydrogen (secondary N) is 1. The van der Waals surface area contributed by atoms with E-state index in [9.17, 15) is 8.42 Å². The van der Waals surface area contributed by atoms with E-state index in [0.29, 0.717) is 18.5 Å². The molecule has 1 saturated carbocycles. The molecule has 90 valence electrons. The Morgan fingerprint density at radius 2 is 1.87 bits per heavy atom. The molecule has 0 aromatic rings. The highest BCUT2D eigenvalue weighted by molar-refractivity contribution is 7.90. The van der Waals surface area contributed by atoms with E-state index in [-0.39, 0.29) is 5.75 Å². The smallest absolute Gasteiger partial charge is 0.147 e. The van der Waals surface area contributed by atoms with Crippen molar-refractivity contribution in [3.05, 3.63) is 0 Å². The molecule has 0 radical (unpaired) electrons. The van der Waals surface area contributed by atoms with Crippen molar-refractivity contribution in [2.75, 3.05) is 18.6 Å². The summed E-state index contributed by atoms with van der Waals surface area (Å²) in [5.74, 6) is 0.284. The van der Waals surface area contributed by atoms with Gasteiger partial charge in [-0.05, 0) is 38.6 Å². The Morgan fingerprint density at radius 1 is 1.27 bits per heavy atom. The van der Waals surface area contributed by atoms with Gasteiger partial charge in [0.2, 0.25) is 0 Å². The Labute approximate surface area is 92.5 Å². The molecular weight excluding hydrogens is 212 g/mol. The molecule has 4 nitrogen and oxygen atoms in total. The molecule has 0 atom stereocenters. The minimum Gasteiger partial charge on any atom is -0.328 e. The number of sulfone groups is 1. The van der Waals surface area contributed by atoms with Crippen LogP contribution in [0.4, 0.5) is 0 Å². The average Bonchev–Trinajstić information content (AvgIpc) is 2.14. The van der Waals surface area contributed by atoms with Crippen molar-refractivity contribution in [1.29, 1.82) is 0 Å². The van der Waals surface area contributed by atoms with Crippen LogP contribution in [0.3, 0.4) is 0 Å². The van der Waals surface area contributed by atoms with Gasteiger partial charge >= 0.3 is 0 Å². The van der Waals surface area contributed by atoms with Crippen molar-refractivity contribution in [2.24, 2.45) is 5.73 Å². The predicted molar refractivity (Wildman–Crippen MR) is 62.6 cm³/mol. The van der Waals surface area contributed by atoms with Crippen molar-refractivity contribution in [3.8, 4) is 0 Å². The van der Waals surface area contributed by atoms with E-state index in [1.807, 2.05) is 0 Å². The molecule has 0 spiro atoms. The first-order valence-electron chi connectivity index (χ1n) is 5.64. The van der Waals surface area contributed by atoms with Gasteiger partial charge in [0.1, 0.15) is 9.84 Å². The molecule has 15 heavy (non-hydrogen) atoms. The lowest BCUT2D eigenvalue weighted by molar-refractivity contribution is 0.343. The number of hydrogen-bond acceptors (Lipinski definition) is 4. The summed E-state index contributed by atoms with van der Waals surface area (Å²) in [4.78, 5) is 0. The first-order chi connectivity index (χ1) is 6.97. The molecule has 3 N–H and O–H groups in total. The maximum atomic E-state index is 10.9. The Morgan fingerprint density at radius 3 is 2.40 bits per heavy atom. The largest absolute Gasteiger partial charge is 0.328 e. The van der Waals surface area contributed by atoms with Crippen LogP contribution in [0.2, 0.25) is 0 Å². The van der Waals surface area contributed by atoms with E-state index >= 15 is 0 Å². The zero-order chi connectivity index (χ0) is 11.3. The summed E-state index contributed by atoms with van der Waals surface area (Å²) in [5, 5.41) is 3.39.